The Morgan fingerprint density at radius 1 is 1.67 bits per heavy atom. The van der Waals surface area contributed by atoms with Crippen LogP contribution >= 0.6 is 0 Å². The van der Waals surface area contributed by atoms with E-state index >= 15 is 0 Å². The fourth-order valence-corrected chi connectivity index (χ4v) is 1.93. The van der Waals surface area contributed by atoms with Crippen LogP contribution in [0.15, 0.2) is 10.9 Å². The Hall–Kier alpha value is -1.23. The van der Waals surface area contributed by atoms with Gasteiger partial charge in [0, 0.05) is 38.4 Å². The molecule has 1 saturated heterocycles. The first-order chi connectivity index (χ1) is 7.25. The molecule has 0 amide bonds. The highest BCUT2D eigenvalue weighted by atomic mass is 16.5. The fourth-order valence-electron chi connectivity index (χ4n) is 1.93. The molecule has 0 aromatic carbocycles. The van der Waals surface area contributed by atoms with Crippen LogP contribution in [0.3, 0.4) is 0 Å². The second-order valence-electron chi connectivity index (χ2n) is 3.96. The average Bonchev–Trinajstić information content (AvgIpc) is 2.69. The molecule has 0 saturated carbocycles. The van der Waals surface area contributed by atoms with Gasteiger partial charge in [0.25, 0.3) is 0 Å². The number of nitrogens with zero attached hydrogens (tertiary/aromatic N) is 3. The molecule has 1 aromatic rings. The molecular formula is C10H15N3O2. The Bertz CT molecular complexity index is 323. The minimum absolute atomic E-state index is 0.342. The van der Waals surface area contributed by atoms with Crippen LogP contribution in [0, 0.1) is 0 Å². The largest absolute Gasteiger partial charge is 0.340 e. The summed E-state index contributed by atoms with van der Waals surface area (Å²) < 4.78 is 4.93. The molecule has 15 heavy (non-hydrogen) atoms. The van der Waals surface area contributed by atoms with Crippen LogP contribution in [0.5, 0.6) is 0 Å². The maximum Gasteiger partial charge on any atom is 0.227 e. The zero-order chi connectivity index (χ0) is 10.7. The number of hydrogen-bond donors (Lipinski definition) is 0. The lowest BCUT2D eigenvalue weighted by Crippen LogP contribution is -2.42. The molecule has 1 aromatic heterocycles. The Kier molecular flexibility index (Phi) is 3.11. The minimum atomic E-state index is 0.342. The zero-order valence-corrected chi connectivity index (χ0v) is 8.85. The summed E-state index contributed by atoms with van der Waals surface area (Å²) in [7, 11) is 0. The smallest absolute Gasteiger partial charge is 0.227 e. The number of Topliss-reactive ketones (excluding diaryl/α,β-unsaturated/α-hetero) is 1. The van der Waals surface area contributed by atoms with Crippen LogP contribution in [0.1, 0.15) is 25.7 Å². The molecule has 1 aliphatic rings. The predicted molar refractivity (Wildman–Crippen MR) is 53.3 cm³/mol. The standard InChI is InChI=1S/C10H15N3O2/c1-8-6-9(14)2-4-13(8)5-3-10-11-7-12-15-10/h7-8H,2-6H2,1H3. The van der Waals surface area contributed by atoms with Crippen LogP contribution in [0.4, 0.5) is 0 Å². The van der Waals surface area contributed by atoms with E-state index in [1.54, 1.807) is 0 Å². The Balaban J connectivity index is 1.82. The van der Waals surface area contributed by atoms with Gasteiger partial charge in [-0.3, -0.25) is 9.69 Å². The SMILES string of the molecule is CC1CC(=O)CCN1CCc1ncno1. The number of carbonyl (C=O) groups is 1. The van der Waals surface area contributed by atoms with Gasteiger partial charge in [-0.2, -0.15) is 4.98 Å². The van der Waals surface area contributed by atoms with E-state index in [1.807, 2.05) is 0 Å². The van der Waals surface area contributed by atoms with Gasteiger partial charge in [-0.15, -0.1) is 0 Å². The molecule has 0 N–H and O–H groups in total. The molecule has 1 atom stereocenters. The second-order valence-corrected chi connectivity index (χ2v) is 3.96. The summed E-state index contributed by atoms with van der Waals surface area (Å²) in [5.41, 5.74) is 0. The monoisotopic (exact) mass is 209 g/mol. The number of ketones is 1. The van der Waals surface area contributed by atoms with E-state index in [0.29, 0.717) is 30.6 Å². The van der Waals surface area contributed by atoms with E-state index in [1.165, 1.54) is 6.33 Å². The third-order valence-electron chi connectivity index (χ3n) is 2.84. The van der Waals surface area contributed by atoms with Crippen molar-refractivity contribution in [3.63, 3.8) is 0 Å². The summed E-state index contributed by atoms with van der Waals surface area (Å²) in [4.78, 5) is 17.5. The summed E-state index contributed by atoms with van der Waals surface area (Å²) in [5.74, 6) is 1.04. The van der Waals surface area contributed by atoms with Crippen molar-refractivity contribution in [3.8, 4) is 0 Å². The van der Waals surface area contributed by atoms with Crippen molar-refractivity contribution in [3.05, 3.63) is 12.2 Å². The molecule has 0 radical (unpaired) electrons. The first-order valence-electron chi connectivity index (χ1n) is 5.27. The van der Waals surface area contributed by atoms with Gasteiger partial charge in [-0.05, 0) is 6.92 Å². The van der Waals surface area contributed by atoms with E-state index in [4.69, 9.17) is 4.52 Å². The number of likely N-dealkylation sites (tertiary alicyclic amines) is 1. The summed E-state index contributed by atoms with van der Waals surface area (Å²) in [6.45, 7) is 3.83. The Morgan fingerprint density at radius 2 is 2.53 bits per heavy atom. The maximum absolute atomic E-state index is 11.2. The minimum Gasteiger partial charge on any atom is -0.340 e. The molecule has 1 aliphatic heterocycles. The molecule has 2 heterocycles. The van der Waals surface area contributed by atoms with Gasteiger partial charge in [0.15, 0.2) is 6.33 Å². The molecule has 1 fully saturated rings. The number of carbonyl (C=O) groups excluding carboxylic acids is 1. The van der Waals surface area contributed by atoms with Crippen LogP contribution in [0.25, 0.3) is 0 Å². The lowest BCUT2D eigenvalue weighted by molar-refractivity contribution is -0.122. The molecule has 0 spiro atoms. The predicted octanol–water partition coefficient (Wildman–Crippen LogP) is 0.665. The van der Waals surface area contributed by atoms with E-state index in [-0.39, 0.29) is 0 Å². The van der Waals surface area contributed by atoms with Crippen LogP contribution in [-0.4, -0.2) is 40.0 Å². The first kappa shape index (κ1) is 10.3. The van der Waals surface area contributed by atoms with Crippen LogP contribution in [-0.2, 0) is 11.2 Å². The molecule has 82 valence electrons. The highest BCUT2D eigenvalue weighted by Gasteiger charge is 2.23. The van der Waals surface area contributed by atoms with Crippen molar-refractivity contribution < 1.29 is 9.32 Å². The normalized spacial score (nSPS) is 23.3. The zero-order valence-electron chi connectivity index (χ0n) is 8.85. The van der Waals surface area contributed by atoms with Crippen molar-refractivity contribution in [1.29, 1.82) is 0 Å². The Morgan fingerprint density at radius 3 is 3.20 bits per heavy atom. The van der Waals surface area contributed by atoms with Gasteiger partial charge >= 0.3 is 0 Å². The van der Waals surface area contributed by atoms with Gasteiger partial charge in [0.05, 0.1) is 0 Å². The van der Waals surface area contributed by atoms with Gasteiger partial charge in [-0.1, -0.05) is 5.16 Å². The van der Waals surface area contributed by atoms with E-state index in [2.05, 4.69) is 22.0 Å². The average molecular weight is 209 g/mol. The van der Waals surface area contributed by atoms with Crippen molar-refractivity contribution >= 4 is 5.78 Å². The number of piperidine rings is 1. The molecule has 0 aliphatic carbocycles. The van der Waals surface area contributed by atoms with E-state index in [0.717, 1.165) is 19.5 Å². The first-order valence-corrected chi connectivity index (χ1v) is 5.27. The topological polar surface area (TPSA) is 59.2 Å². The maximum atomic E-state index is 11.2. The van der Waals surface area contributed by atoms with Gasteiger partial charge in [0.1, 0.15) is 5.78 Å². The van der Waals surface area contributed by atoms with Crippen molar-refractivity contribution in [2.24, 2.45) is 0 Å². The molecular weight excluding hydrogens is 194 g/mol. The highest BCUT2D eigenvalue weighted by Crippen LogP contribution is 2.13. The van der Waals surface area contributed by atoms with Gasteiger partial charge < -0.3 is 4.52 Å². The lowest BCUT2D eigenvalue weighted by Gasteiger charge is -2.31. The highest BCUT2D eigenvalue weighted by molar-refractivity contribution is 5.79. The van der Waals surface area contributed by atoms with E-state index < -0.39 is 0 Å². The van der Waals surface area contributed by atoms with Crippen molar-refractivity contribution in [1.82, 2.24) is 15.0 Å². The molecule has 5 heteroatoms. The van der Waals surface area contributed by atoms with Gasteiger partial charge in [0.2, 0.25) is 5.89 Å². The summed E-state index contributed by atoms with van der Waals surface area (Å²) >= 11 is 0. The molecule has 0 bridgehead atoms. The fraction of sp³-hybridized carbons (Fsp3) is 0.700. The van der Waals surface area contributed by atoms with Gasteiger partial charge in [-0.25, -0.2) is 0 Å². The number of aromatic nitrogens is 2. The second kappa shape index (κ2) is 4.53. The summed E-state index contributed by atoms with van der Waals surface area (Å²) in [5, 5.41) is 3.56. The number of rotatable bonds is 3. The van der Waals surface area contributed by atoms with Crippen LogP contribution in [0.2, 0.25) is 0 Å². The molecule has 2 rings (SSSR count). The number of hydrogen-bond acceptors (Lipinski definition) is 5. The summed E-state index contributed by atoms with van der Waals surface area (Å²) in [6, 6.07) is 0.342. The Labute approximate surface area is 88.5 Å². The van der Waals surface area contributed by atoms with Crippen LogP contribution < -0.4 is 0 Å². The van der Waals surface area contributed by atoms with E-state index in [9.17, 15) is 4.79 Å². The lowest BCUT2D eigenvalue weighted by atomic mass is 10.0. The molecule has 5 nitrogen and oxygen atoms in total. The third kappa shape index (κ3) is 2.62. The van der Waals surface area contributed by atoms with Crippen molar-refractivity contribution in [2.45, 2.75) is 32.2 Å². The summed E-state index contributed by atoms with van der Waals surface area (Å²) in [6.07, 6.45) is 3.52. The van der Waals surface area contributed by atoms with Crippen molar-refractivity contribution in [2.75, 3.05) is 13.1 Å². The molecule has 1 unspecified atom stereocenters. The quantitative estimate of drug-likeness (QED) is 0.732. The third-order valence-corrected chi connectivity index (χ3v) is 2.84.